The van der Waals surface area contributed by atoms with Crippen molar-refractivity contribution in [2.24, 2.45) is 7.05 Å². The summed E-state index contributed by atoms with van der Waals surface area (Å²) < 4.78 is 38.9. The van der Waals surface area contributed by atoms with Crippen LogP contribution in [0.1, 0.15) is 22.3 Å². The summed E-state index contributed by atoms with van der Waals surface area (Å²) in [4.78, 5) is 15.6. The predicted octanol–water partition coefficient (Wildman–Crippen LogP) is 1.51. The normalized spacial score (nSPS) is 13.1. The van der Waals surface area contributed by atoms with E-state index in [9.17, 15) is 18.0 Å². The summed E-state index contributed by atoms with van der Waals surface area (Å²) in [5.74, 6) is -0.270. The molecule has 0 radical (unpaired) electrons. The van der Waals surface area contributed by atoms with Gasteiger partial charge in [-0.3, -0.25) is 9.48 Å². The maximum atomic E-state index is 12.5. The van der Waals surface area contributed by atoms with E-state index in [0.29, 0.717) is 10.6 Å². The SMILES string of the molecule is CNC(C(=O)NCCc1nc(C(F)(F)F)cs1)c1cnn(C)c1. The summed E-state index contributed by atoms with van der Waals surface area (Å²) >= 11 is 0.931. The molecular weight excluding hydrogens is 331 g/mol. The number of likely N-dealkylation sites (N-methyl/N-ethyl adjacent to an activating group) is 1. The zero-order valence-corrected chi connectivity index (χ0v) is 13.3. The fourth-order valence-corrected chi connectivity index (χ4v) is 2.79. The van der Waals surface area contributed by atoms with Crippen molar-refractivity contribution in [3.05, 3.63) is 34.0 Å². The largest absolute Gasteiger partial charge is 0.434 e. The lowest BCUT2D eigenvalue weighted by atomic mass is 10.1. The Morgan fingerprint density at radius 2 is 2.22 bits per heavy atom. The van der Waals surface area contributed by atoms with Gasteiger partial charge in [0, 0.05) is 37.2 Å². The van der Waals surface area contributed by atoms with Crippen molar-refractivity contribution in [3.63, 3.8) is 0 Å². The molecule has 126 valence electrons. The molecule has 2 heterocycles. The highest BCUT2D eigenvalue weighted by molar-refractivity contribution is 7.09. The summed E-state index contributed by atoms with van der Waals surface area (Å²) in [6.45, 7) is 0.210. The molecular formula is C13H16F3N5OS. The third-order valence-electron chi connectivity index (χ3n) is 3.09. The molecule has 1 amide bonds. The van der Waals surface area contributed by atoms with E-state index in [1.54, 1.807) is 31.2 Å². The van der Waals surface area contributed by atoms with Crippen LogP contribution in [0.4, 0.5) is 13.2 Å². The van der Waals surface area contributed by atoms with E-state index in [4.69, 9.17) is 0 Å². The van der Waals surface area contributed by atoms with E-state index in [1.807, 2.05) is 0 Å². The predicted molar refractivity (Wildman–Crippen MR) is 78.8 cm³/mol. The maximum absolute atomic E-state index is 12.5. The van der Waals surface area contributed by atoms with Crippen molar-refractivity contribution < 1.29 is 18.0 Å². The molecule has 0 aliphatic carbocycles. The number of hydrogen-bond acceptors (Lipinski definition) is 5. The molecule has 1 atom stereocenters. The molecule has 23 heavy (non-hydrogen) atoms. The van der Waals surface area contributed by atoms with E-state index in [2.05, 4.69) is 20.7 Å². The number of carbonyl (C=O) groups is 1. The third-order valence-corrected chi connectivity index (χ3v) is 4.00. The van der Waals surface area contributed by atoms with Crippen LogP contribution in [-0.2, 0) is 24.4 Å². The first-order chi connectivity index (χ1) is 10.8. The van der Waals surface area contributed by atoms with Gasteiger partial charge in [-0.25, -0.2) is 4.98 Å². The smallest absolute Gasteiger partial charge is 0.354 e. The highest BCUT2D eigenvalue weighted by Crippen LogP contribution is 2.30. The van der Waals surface area contributed by atoms with E-state index in [-0.39, 0.29) is 18.9 Å². The van der Waals surface area contributed by atoms with Gasteiger partial charge in [0.15, 0.2) is 5.69 Å². The van der Waals surface area contributed by atoms with Gasteiger partial charge in [-0.15, -0.1) is 11.3 Å². The number of amides is 1. The van der Waals surface area contributed by atoms with Gasteiger partial charge in [-0.05, 0) is 7.05 Å². The highest BCUT2D eigenvalue weighted by atomic mass is 32.1. The zero-order chi connectivity index (χ0) is 17.0. The summed E-state index contributed by atoms with van der Waals surface area (Å²) in [6.07, 6.45) is -0.889. The average Bonchev–Trinajstić information content (AvgIpc) is 3.09. The summed E-state index contributed by atoms with van der Waals surface area (Å²) in [7, 11) is 3.39. The van der Waals surface area contributed by atoms with Gasteiger partial charge in [0.2, 0.25) is 5.91 Å². The third kappa shape index (κ3) is 4.52. The summed E-state index contributed by atoms with van der Waals surface area (Å²) in [6, 6.07) is -0.564. The highest BCUT2D eigenvalue weighted by Gasteiger charge is 2.33. The first-order valence-electron chi connectivity index (χ1n) is 6.76. The van der Waals surface area contributed by atoms with Crippen LogP contribution in [0.25, 0.3) is 0 Å². The molecule has 6 nitrogen and oxygen atoms in total. The van der Waals surface area contributed by atoms with Crippen molar-refractivity contribution in [2.45, 2.75) is 18.6 Å². The Morgan fingerprint density at radius 1 is 1.48 bits per heavy atom. The number of halogens is 3. The Bertz CT molecular complexity index is 667. The number of aromatic nitrogens is 3. The number of rotatable bonds is 6. The summed E-state index contributed by atoms with van der Waals surface area (Å²) in [5.41, 5.74) is -0.187. The number of alkyl halides is 3. The molecule has 2 rings (SSSR count). The monoisotopic (exact) mass is 347 g/mol. The van der Waals surface area contributed by atoms with Gasteiger partial charge in [0.05, 0.1) is 11.2 Å². The first-order valence-corrected chi connectivity index (χ1v) is 7.64. The van der Waals surface area contributed by atoms with Crippen molar-refractivity contribution in [3.8, 4) is 0 Å². The Morgan fingerprint density at radius 3 is 2.74 bits per heavy atom. The molecule has 2 aromatic rings. The molecule has 2 N–H and O–H groups in total. The van der Waals surface area contributed by atoms with Gasteiger partial charge in [0.25, 0.3) is 0 Å². The lowest BCUT2D eigenvalue weighted by Crippen LogP contribution is -2.36. The van der Waals surface area contributed by atoms with E-state index < -0.39 is 17.9 Å². The van der Waals surface area contributed by atoms with Crippen LogP contribution in [0, 0.1) is 0 Å². The minimum absolute atomic E-state index is 0.210. The van der Waals surface area contributed by atoms with Gasteiger partial charge in [0.1, 0.15) is 6.04 Å². The molecule has 10 heteroatoms. The molecule has 1 unspecified atom stereocenters. The number of hydrogen-bond donors (Lipinski definition) is 2. The van der Waals surface area contributed by atoms with E-state index >= 15 is 0 Å². The van der Waals surface area contributed by atoms with Crippen molar-refractivity contribution >= 4 is 17.2 Å². The van der Waals surface area contributed by atoms with Gasteiger partial charge >= 0.3 is 6.18 Å². The second kappa shape index (κ2) is 7.09. The first kappa shape index (κ1) is 17.4. The van der Waals surface area contributed by atoms with Crippen molar-refractivity contribution in [2.75, 3.05) is 13.6 Å². The topological polar surface area (TPSA) is 71.8 Å². The lowest BCUT2D eigenvalue weighted by Gasteiger charge is -2.14. The molecule has 0 fully saturated rings. The Hall–Kier alpha value is -1.94. The van der Waals surface area contributed by atoms with Gasteiger partial charge < -0.3 is 10.6 Å². The van der Waals surface area contributed by atoms with Gasteiger partial charge in [-0.1, -0.05) is 0 Å². The number of aryl methyl sites for hydroxylation is 1. The molecule has 0 spiro atoms. The molecule has 0 aromatic carbocycles. The molecule has 0 bridgehead atoms. The number of thiazole rings is 1. The van der Waals surface area contributed by atoms with Crippen LogP contribution in [0.15, 0.2) is 17.8 Å². The Labute approximate surface area is 134 Å². The lowest BCUT2D eigenvalue weighted by molar-refractivity contribution is -0.140. The number of nitrogens with zero attached hydrogens (tertiary/aromatic N) is 3. The van der Waals surface area contributed by atoms with Crippen LogP contribution in [-0.4, -0.2) is 34.3 Å². The van der Waals surface area contributed by atoms with Crippen LogP contribution >= 0.6 is 11.3 Å². The number of nitrogens with one attached hydrogen (secondary N) is 2. The minimum Gasteiger partial charge on any atom is -0.354 e. The maximum Gasteiger partial charge on any atom is 0.434 e. The van der Waals surface area contributed by atoms with E-state index in [0.717, 1.165) is 16.7 Å². The Balaban J connectivity index is 1.87. The van der Waals surface area contributed by atoms with Crippen LogP contribution < -0.4 is 10.6 Å². The molecule has 0 saturated heterocycles. The fraction of sp³-hybridized carbons (Fsp3) is 0.462. The second-order valence-corrected chi connectivity index (χ2v) is 5.78. The quantitative estimate of drug-likeness (QED) is 0.831. The molecule has 2 aromatic heterocycles. The van der Waals surface area contributed by atoms with Crippen molar-refractivity contribution in [1.29, 1.82) is 0 Å². The Kier molecular flexibility index (Phi) is 5.37. The van der Waals surface area contributed by atoms with Crippen LogP contribution in [0.2, 0.25) is 0 Å². The summed E-state index contributed by atoms with van der Waals surface area (Å²) in [5, 5.41) is 10.9. The molecule has 0 aliphatic rings. The standard InChI is InChI=1S/C13H16F3N5OS/c1-17-11(8-5-19-21(2)6-8)12(22)18-4-3-10-20-9(7-23-10)13(14,15)16/h5-7,11,17H,3-4H2,1-2H3,(H,18,22). The fourth-order valence-electron chi connectivity index (χ4n) is 1.99. The van der Waals surface area contributed by atoms with Crippen LogP contribution in [0.3, 0.4) is 0 Å². The second-order valence-electron chi connectivity index (χ2n) is 4.83. The van der Waals surface area contributed by atoms with Crippen LogP contribution in [0.5, 0.6) is 0 Å². The van der Waals surface area contributed by atoms with Gasteiger partial charge in [-0.2, -0.15) is 18.3 Å². The average molecular weight is 347 g/mol. The van der Waals surface area contributed by atoms with E-state index in [1.165, 1.54) is 0 Å². The van der Waals surface area contributed by atoms with Crippen molar-refractivity contribution in [1.82, 2.24) is 25.4 Å². The molecule has 0 aliphatic heterocycles. The molecule has 0 saturated carbocycles. The zero-order valence-electron chi connectivity index (χ0n) is 12.5. The minimum atomic E-state index is -4.43. The number of carbonyl (C=O) groups excluding carboxylic acids is 1.